The molecular weight excluding hydrogens is 300 g/mol. The van der Waals surface area contributed by atoms with E-state index in [4.69, 9.17) is 9.84 Å². The third-order valence-corrected chi connectivity index (χ3v) is 1.91. The van der Waals surface area contributed by atoms with Crippen molar-refractivity contribution in [3.05, 3.63) is 38.0 Å². The van der Waals surface area contributed by atoms with Gasteiger partial charge in [0.15, 0.2) is 0 Å². The third-order valence-electron chi connectivity index (χ3n) is 1.91. The molecule has 0 aliphatic heterocycles. The summed E-state index contributed by atoms with van der Waals surface area (Å²) in [7, 11) is 0. The molecule has 2 atom stereocenters. The number of carbonyl (C=O) groups is 4. The molecule has 0 amide bonds. The summed E-state index contributed by atoms with van der Waals surface area (Å²) >= 11 is 0. The molecule has 22 heavy (non-hydrogen) atoms. The first-order chi connectivity index (χ1) is 10.3. The van der Waals surface area contributed by atoms with E-state index >= 15 is 0 Å². The zero-order valence-electron chi connectivity index (χ0n) is 11.4. The topological polar surface area (TPSA) is 125 Å². The summed E-state index contributed by atoms with van der Waals surface area (Å²) in [4.78, 5) is 44.0. The van der Waals surface area contributed by atoms with E-state index in [1.54, 1.807) is 0 Å². The zero-order chi connectivity index (χ0) is 17.1. The van der Waals surface area contributed by atoms with E-state index in [0.717, 1.165) is 18.2 Å². The number of carbonyl (C=O) groups excluding carboxylic acids is 3. The average Bonchev–Trinajstić information content (AvgIpc) is 2.49. The van der Waals surface area contributed by atoms with Crippen molar-refractivity contribution in [1.82, 2.24) is 0 Å². The Morgan fingerprint density at radius 2 is 1.36 bits per heavy atom. The van der Waals surface area contributed by atoms with Gasteiger partial charge in [-0.15, -0.1) is 0 Å². The minimum absolute atomic E-state index is 0.646. The van der Waals surface area contributed by atoms with Crippen molar-refractivity contribution in [3.63, 3.8) is 0 Å². The van der Waals surface area contributed by atoms with Crippen LogP contribution < -0.4 is 0 Å². The summed E-state index contributed by atoms with van der Waals surface area (Å²) in [5, 5.41) is 8.61. The number of hydrogen-bond acceptors (Lipinski definition) is 8. The largest absolute Gasteiger partial charge is 0.509 e. The van der Waals surface area contributed by atoms with E-state index in [0.29, 0.717) is 0 Å². The molecule has 9 nitrogen and oxygen atoms in total. The second-order valence-electron chi connectivity index (χ2n) is 3.41. The molecule has 1 N–H and O–H groups in total. The molecule has 0 aromatic heterocycles. The molecule has 0 aromatic carbocycles. The van der Waals surface area contributed by atoms with Crippen molar-refractivity contribution in [2.45, 2.75) is 12.4 Å². The summed E-state index contributed by atoms with van der Waals surface area (Å²) in [6.45, 7) is 8.76. The van der Waals surface area contributed by atoms with Gasteiger partial charge in [-0.25, -0.2) is 19.2 Å². The average molecular weight is 314 g/mol. The standard InChI is InChI=1S/C13H14O9/c1-4-9(14)19-7-8(20-10(15)5-2)12(22-13(17)18)21-11(16)6-3/h4-6,8,12H,1-3,7H2,(H,17,18). The van der Waals surface area contributed by atoms with Crippen LogP contribution in [0.4, 0.5) is 4.79 Å². The van der Waals surface area contributed by atoms with Gasteiger partial charge >= 0.3 is 24.1 Å². The van der Waals surface area contributed by atoms with Crippen LogP contribution in [0.3, 0.4) is 0 Å². The molecule has 0 radical (unpaired) electrons. The highest BCUT2D eigenvalue weighted by atomic mass is 16.8. The molecule has 0 aliphatic rings. The van der Waals surface area contributed by atoms with Gasteiger partial charge in [0.2, 0.25) is 6.10 Å². The van der Waals surface area contributed by atoms with E-state index < -0.39 is 43.1 Å². The maximum absolute atomic E-state index is 11.2. The molecule has 9 heteroatoms. The van der Waals surface area contributed by atoms with Crippen LogP contribution >= 0.6 is 0 Å². The van der Waals surface area contributed by atoms with Crippen LogP contribution in [0.15, 0.2) is 38.0 Å². The van der Waals surface area contributed by atoms with Crippen molar-refractivity contribution in [3.8, 4) is 0 Å². The van der Waals surface area contributed by atoms with Crippen molar-refractivity contribution in [1.29, 1.82) is 0 Å². The number of hydrogen-bond donors (Lipinski definition) is 1. The van der Waals surface area contributed by atoms with E-state index in [-0.39, 0.29) is 0 Å². The van der Waals surface area contributed by atoms with Gasteiger partial charge in [0.25, 0.3) is 6.29 Å². The van der Waals surface area contributed by atoms with E-state index in [2.05, 4.69) is 33.9 Å². The van der Waals surface area contributed by atoms with Crippen molar-refractivity contribution < 1.29 is 43.2 Å². The van der Waals surface area contributed by atoms with Gasteiger partial charge in [0.1, 0.15) is 6.61 Å². The van der Waals surface area contributed by atoms with Crippen LogP contribution in [0.5, 0.6) is 0 Å². The lowest BCUT2D eigenvalue weighted by Crippen LogP contribution is -2.41. The number of rotatable bonds is 9. The first kappa shape index (κ1) is 18.9. The van der Waals surface area contributed by atoms with Gasteiger partial charge in [-0.1, -0.05) is 19.7 Å². The summed E-state index contributed by atoms with van der Waals surface area (Å²) < 4.78 is 18.2. The fourth-order valence-electron chi connectivity index (χ4n) is 1.03. The summed E-state index contributed by atoms with van der Waals surface area (Å²) in [6.07, 6.45) is -2.89. The summed E-state index contributed by atoms with van der Waals surface area (Å²) in [6, 6.07) is 0. The highest BCUT2D eigenvalue weighted by Gasteiger charge is 2.32. The molecule has 0 fully saturated rings. The second-order valence-corrected chi connectivity index (χ2v) is 3.41. The van der Waals surface area contributed by atoms with Crippen LogP contribution in [0.2, 0.25) is 0 Å². The van der Waals surface area contributed by atoms with Gasteiger partial charge < -0.3 is 24.1 Å². The van der Waals surface area contributed by atoms with Crippen LogP contribution in [-0.4, -0.2) is 48.2 Å². The van der Waals surface area contributed by atoms with Gasteiger partial charge in [0, 0.05) is 18.2 Å². The Labute approximate surface area is 125 Å². The van der Waals surface area contributed by atoms with Gasteiger partial charge in [0.05, 0.1) is 0 Å². The predicted octanol–water partition coefficient (Wildman–Crippen LogP) is 0.563. The van der Waals surface area contributed by atoms with Crippen molar-refractivity contribution in [2.75, 3.05) is 6.61 Å². The molecular formula is C13H14O9. The highest BCUT2D eigenvalue weighted by Crippen LogP contribution is 2.10. The van der Waals surface area contributed by atoms with Gasteiger partial charge in [-0.3, -0.25) is 0 Å². The fraction of sp³-hybridized carbons (Fsp3) is 0.231. The quantitative estimate of drug-likeness (QED) is 0.281. The Kier molecular flexibility index (Phi) is 8.38. The van der Waals surface area contributed by atoms with Crippen molar-refractivity contribution >= 4 is 24.1 Å². The maximum Gasteiger partial charge on any atom is 0.509 e. The van der Waals surface area contributed by atoms with Crippen LogP contribution in [0, 0.1) is 0 Å². The molecule has 0 bridgehead atoms. The molecule has 120 valence electrons. The second kappa shape index (κ2) is 9.75. The van der Waals surface area contributed by atoms with Crippen molar-refractivity contribution in [2.24, 2.45) is 0 Å². The van der Waals surface area contributed by atoms with Crippen LogP contribution in [0.1, 0.15) is 0 Å². The normalized spacial score (nSPS) is 12.0. The highest BCUT2D eigenvalue weighted by molar-refractivity contribution is 5.82. The lowest BCUT2D eigenvalue weighted by atomic mass is 10.3. The van der Waals surface area contributed by atoms with Gasteiger partial charge in [-0.2, -0.15) is 0 Å². The summed E-state index contributed by atoms with van der Waals surface area (Å²) in [5.74, 6) is -2.89. The molecule has 0 saturated carbocycles. The Bertz CT molecular complexity index is 480. The smallest absolute Gasteiger partial charge is 0.458 e. The van der Waals surface area contributed by atoms with Gasteiger partial charge in [-0.05, 0) is 0 Å². The molecule has 0 saturated heterocycles. The number of ether oxygens (including phenoxy) is 4. The lowest BCUT2D eigenvalue weighted by molar-refractivity contribution is -0.203. The molecule has 2 unspecified atom stereocenters. The van der Waals surface area contributed by atoms with Crippen LogP contribution in [-0.2, 0) is 33.3 Å². The Morgan fingerprint density at radius 1 is 0.864 bits per heavy atom. The maximum atomic E-state index is 11.2. The molecule has 0 rings (SSSR count). The minimum atomic E-state index is -1.87. The Balaban J connectivity index is 5.15. The van der Waals surface area contributed by atoms with E-state index in [9.17, 15) is 19.2 Å². The first-order valence-electron chi connectivity index (χ1n) is 5.68. The van der Waals surface area contributed by atoms with E-state index in [1.165, 1.54) is 0 Å². The Hall–Kier alpha value is -3.10. The molecule has 0 aromatic rings. The predicted molar refractivity (Wildman–Crippen MR) is 70.4 cm³/mol. The first-order valence-corrected chi connectivity index (χ1v) is 5.68. The lowest BCUT2D eigenvalue weighted by Gasteiger charge is -2.24. The van der Waals surface area contributed by atoms with E-state index in [1.807, 2.05) is 0 Å². The number of esters is 3. The SMILES string of the molecule is C=CC(=O)OCC(OC(=O)C=C)C(OC(=O)O)OC(=O)C=C. The molecule has 0 heterocycles. The third kappa shape index (κ3) is 7.48. The zero-order valence-corrected chi connectivity index (χ0v) is 11.4. The monoisotopic (exact) mass is 314 g/mol. The Morgan fingerprint density at radius 3 is 1.82 bits per heavy atom. The number of carboxylic acid groups (broad SMARTS) is 1. The van der Waals surface area contributed by atoms with Crippen LogP contribution in [0.25, 0.3) is 0 Å². The minimum Gasteiger partial charge on any atom is -0.458 e. The molecule has 0 aliphatic carbocycles. The molecule has 0 spiro atoms. The fourth-order valence-corrected chi connectivity index (χ4v) is 1.03. The summed E-state index contributed by atoms with van der Waals surface area (Å²) in [5.41, 5.74) is 0.